The molecule has 7 nitrogen and oxygen atoms in total. The van der Waals surface area contributed by atoms with Crippen molar-refractivity contribution in [2.24, 2.45) is 0 Å². The van der Waals surface area contributed by atoms with Crippen molar-refractivity contribution in [2.75, 3.05) is 13.7 Å². The number of carbonyl (C=O) groups excluding carboxylic acids is 2. The quantitative estimate of drug-likeness (QED) is 0.597. The van der Waals surface area contributed by atoms with Crippen molar-refractivity contribution in [1.82, 2.24) is 5.32 Å². The topological polar surface area (TPSA) is 105 Å². The first-order valence-corrected chi connectivity index (χ1v) is 8.60. The Bertz CT molecular complexity index is 799. The molecule has 0 fully saturated rings. The van der Waals surface area contributed by atoms with Gasteiger partial charge in [-0.2, -0.15) is 0 Å². The molecule has 2 unspecified atom stereocenters. The number of alkyl carbamates (subject to hydrolysis) is 1. The number of benzene rings is 2. The van der Waals surface area contributed by atoms with E-state index in [9.17, 15) is 24.2 Å². The lowest BCUT2D eigenvalue weighted by atomic mass is 10.00. The van der Waals surface area contributed by atoms with E-state index in [1.807, 2.05) is 30.3 Å². The van der Waals surface area contributed by atoms with Crippen LogP contribution in [-0.2, 0) is 16.1 Å². The number of aliphatic hydroxyl groups is 2. The Morgan fingerprint density at radius 1 is 1.14 bits per heavy atom. The SMILES string of the molecule is COC(=O)c1cc(F)cc(C(O)C(O)CCNC(=O)OCc2ccccc2)c1. The van der Waals surface area contributed by atoms with E-state index in [1.54, 1.807) is 0 Å². The Morgan fingerprint density at radius 3 is 2.54 bits per heavy atom. The summed E-state index contributed by atoms with van der Waals surface area (Å²) in [7, 11) is 1.15. The van der Waals surface area contributed by atoms with E-state index in [4.69, 9.17) is 4.74 Å². The maximum absolute atomic E-state index is 13.7. The molecular weight excluding hydrogens is 369 g/mol. The van der Waals surface area contributed by atoms with Crippen LogP contribution in [0, 0.1) is 5.82 Å². The summed E-state index contributed by atoms with van der Waals surface area (Å²) in [6, 6.07) is 12.4. The van der Waals surface area contributed by atoms with Gasteiger partial charge in [0.2, 0.25) is 0 Å². The van der Waals surface area contributed by atoms with Gasteiger partial charge in [-0.1, -0.05) is 30.3 Å². The van der Waals surface area contributed by atoms with Crippen LogP contribution in [0.5, 0.6) is 0 Å². The molecule has 3 N–H and O–H groups in total. The second kappa shape index (κ2) is 10.4. The van der Waals surface area contributed by atoms with Crippen molar-refractivity contribution < 1.29 is 33.7 Å². The Morgan fingerprint density at radius 2 is 1.86 bits per heavy atom. The molecule has 1 amide bonds. The molecule has 2 rings (SSSR count). The second-order valence-corrected chi connectivity index (χ2v) is 6.05. The van der Waals surface area contributed by atoms with Gasteiger partial charge in [-0.3, -0.25) is 0 Å². The lowest BCUT2D eigenvalue weighted by molar-refractivity contribution is 0.0134. The Labute approximate surface area is 161 Å². The van der Waals surface area contributed by atoms with Gasteiger partial charge in [0.25, 0.3) is 0 Å². The molecule has 0 aliphatic rings. The van der Waals surface area contributed by atoms with Gasteiger partial charge in [0.05, 0.1) is 18.8 Å². The van der Waals surface area contributed by atoms with Crippen LogP contribution < -0.4 is 5.32 Å². The highest BCUT2D eigenvalue weighted by Gasteiger charge is 2.21. The molecule has 0 aliphatic heterocycles. The smallest absolute Gasteiger partial charge is 0.407 e. The summed E-state index contributed by atoms with van der Waals surface area (Å²) in [6.45, 7) is 0.141. The minimum Gasteiger partial charge on any atom is -0.465 e. The van der Waals surface area contributed by atoms with E-state index in [0.29, 0.717) is 0 Å². The van der Waals surface area contributed by atoms with Crippen molar-refractivity contribution in [3.05, 3.63) is 71.0 Å². The van der Waals surface area contributed by atoms with E-state index >= 15 is 0 Å². The minimum absolute atomic E-state index is 0.00826. The molecule has 0 aliphatic carbocycles. The van der Waals surface area contributed by atoms with Crippen molar-refractivity contribution in [3.63, 3.8) is 0 Å². The van der Waals surface area contributed by atoms with Crippen LogP contribution in [0.15, 0.2) is 48.5 Å². The molecule has 28 heavy (non-hydrogen) atoms. The molecule has 2 aromatic carbocycles. The van der Waals surface area contributed by atoms with Crippen molar-refractivity contribution in [1.29, 1.82) is 0 Å². The predicted molar refractivity (Wildman–Crippen MR) is 98.0 cm³/mol. The van der Waals surface area contributed by atoms with Crippen LogP contribution in [0.4, 0.5) is 9.18 Å². The molecule has 0 heterocycles. The molecule has 0 saturated heterocycles. The summed E-state index contributed by atoms with van der Waals surface area (Å²) in [4.78, 5) is 23.2. The number of halogens is 1. The number of carbonyl (C=O) groups is 2. The van der Waals surface area contributed by atoms with Crippen LogP contribution in [0.2, 0.25) is 0 Å². The number of aliphatic hydroxyl groups excluding tert-OH is 2. The molecule has 2 atom stereocenters. The van der Waals surface area contributed by atoms with Gasteiger partial charge >= 0.3 is 12.1 Å². The normalized spacial score (nSPS) is 12.7. The van der Waals surface area contributed by atoms with E-state index in [1.165, 1.54) is 6.07 Å². The summed E-state index contributed by atoms with van der Waals surface area (Å²) in [5, 5.41) is 22.7. The first-order valence-electron chi connectivity index (χ1n) is 8.60. The molecule has 8 heteroatoms. The lowest BCUT2D eigenvalue weighted by Crippen LogP contribution is -2.29. The van der Waals surface area contributed by atoms with Gasteiger partial charge in [-0.25, -0.2) is 14.0 Å². The van der Waals surface area contributed by atoms with Gasteiger partial charge < -0.3 is 25.0 Å². The zero-order valence-corrected chi connectivity index (χ0v) is 15.3. The van der Waals surface area contributed by atoms with Gasteiger partial charge in [0, 0.05) is 6.54 Å². The van der Waals surface area contributed by atoms with E-state index < -0.39 is 30.1 Å². The third-order valence-electron chi connectivity index (χ3n) is 3.97. The average molecular weight is 391 g/mol. The maximum atomic E-state index is 13.7. The molecule has 2 aromatic rings. The summed E-state index contributed by atoms with van der Waals surface area (Å²) < 4.78 is 23.2. The van der Waals surface area contributed by atoms with Crippen LogP contribution in [0.3, 0.4) is 0 Å². The number of methoxy groups -OCH3 is 1. The van der Waals surface area contributed by atoms with Gasteiger partial charge in [-0.15, -0.1) is 0 Å². The number of hydrogen-bond acceptors (Lipinski definition) is 6. The Hall–Kier alpha value is -2.97. The number of hydrogen-bond donors (Lipinski definition) is 3. The Balaban J connectivity index is 1.82. The number of nitrogens with one attached hydrogen (secondary N) is 1. The lowest BCUT2D eigenvalue weighted by Gasteiger charge is -2.19. The zero-order chi connectivity index (χ0) is 20.5. The fraction of sp³-hybridized carbons (Fsp3) is 0.300. The third-order valence-corrected chi connectivity index (χ3v) is 3.97. The summed E-state index contributed by atoms with van der Waals surface area (Å²) in [5.74, 6) is -1.50. The predicted octanol–water partition coefficient (Wildman–Crippen LogP) is 2.32. The molecule has 0 spiro atoms. The van der Waals surface area contributed by atoms with Crippen LogP contribution in [0.25, 0.3) is 0 Å². The highest BCUT2D eigenvalue weighted by molar-refractivity contribution is 5.89. The zero-order valence-electron chi connectivity index (χ0n) is 15.3. The molecular formula is C20H22FNO6. The van der Waals surface area contributed by atoms with Crippen molar-refractivity contribution >= 4 is 12.1 Å². The fourth-order valence-corrected chi connectivity index (χ4v) is 2.50. The average Bonchev–Trinajstić information content (AvgIpc) is 2.71. The molecule has 150 valence electrons. The number of amides is 1. The van der Waals surface area contributed by atoms with Crippen LogP contribution in [0.1, 0.15) is 34.0 Å². The largest absolute Gasteiger partial charge is 0.465 e. The maximum Gasteiger partial charge on any atom is 0.407 e. The number of rotatable bonds is 8. The van der Waals surface area contributed by atoms with E-state index in [-0.39, 0.29) is 30.7 Å². The minimum atomic E-state index is -1.44. The van der Waals surface area contributed by atoms with Gasteiger partial charge in [0.15, 0.2) is 0 Å². The number of ether oxygens (including phenoxy) is 2. The Kier molecular flexibility index (Phi) is 7.91. The van der Waals surface area contributed by atoms with Crippen LogP contribution in [-0.4, -0.2) is 42.0 Å². The standard InChI is InChI=1S/C20H22FNO6/c1-27-19(25)15-9-14(10-16(21)11-15)18(24)17(23)7-8-22-20(26)28-12-13-5-3-2-4-6-13/h2-6,9-11,17-18,23-24H,7-8,12H2,1H3,(H,22,26). The molecule has 0 aromatic heterocycles. The highest BCUT2D eigenvalue weighted by Crippen LogP contribution is 2.22. The third kappa shape index (κ3) is 6.33. The fourth-order valence-electron chi connectivity index (χ4n) is 2.50. The van der Waals surface area contributed by atoms with E-state index in [0.717, 1.165) is 24.8 Å². The summed E-state index contributed by atoms with van der Waals surface area (Å²) in [6.07, 6.45) is -3.40. The summed E-state index contributed by atoms with van der Waals surface area (Å²) in [5.41, 5.74) is 0.784. The molecule has 0 radical (unpaired) electrons. The summed E-state index contributed by atoms with van der Waals surface area (Å²) >= 11 is 0. The first kappa shape index (κ1) is 21.3. The first-order chi connectivity index (χ1) is 13.4. The van der Waals surface area contributed by atoms with Crippen molar-refractivity contribution in [2.45, 2.75) is 25.2 Å². The highest BCUT2D eigenvalue weighted by atomic mass is 19.1. The van der Waals surface area contributed by atoms with Crippen LogP contribution >= 0.6 is 0 Å². The molecule has 0 bridgehead atoms. The van der Waals surface area contributed by atoms with E-state index in [2.05, 4.69) is 10.1 Å². The van der Waals surface area contributed by atoms with Gasteiger partial charge in [-0.05, 0) is 35.7 Å². The van der Waals surface area contributed by atoms with Crippen molar-refractivity contribution in [3.8, 4) is 0 Å². The van der Waals surface area contributed by atoms with Gasteiger partial charge in [0.1, 0.15) is 18.5 Å². The molecule has 0 saturated carbocycles. The number of esters is 1. The monoisotopic (exact) mass is 391 g/mol. The second-order valence-electron chi connectivity index (χ2n) is 6.05.